The van der Waals surface area contributed by atoms with Crippen LogP contribution in [0, 0.1) is 0 Å². The second-order valence-electron chi connectivity index (χ2n) is 4.19. The normalized spacial score (nSPS) is 18.4. The van der Waals surface area contributed by atoms with Crippen LogP contribution in [0.5, 0.6) is 0 Å². The van der Waals surface area contributed by atoms with E-state index >= 15 is 0 Å². The molecule has 1 aliphatic rings. The van der Waals surface area contributed by atoms with Crippen LogP contribution in [-0.4, -0.2) is 17.5 Å². The monoisotopic (exact) mass is 390 g/mol. The Bertz CT molecular complexity index is 688. The lowest BCUT2D eigenvalue weighted by atomic mass is 10.2. The van der Waals surface area contributed by atoms with E-state index in [4.69, 9.17) is 28.9 Å². The molecule has 1 aromatic carbocycles. The van der Waals surface area contributed by atoms with Gasteiger partial charge in [0.2, 0.25) is 0 Å². The Balaban J connectivity index is 1.99. The van der Waals surface area contributed by atoms with Gasteiger partial charge >= 0.3 is 0 Å². The van der Waals surface area contributed by atoms with Crippen molar-refractivity contribution in [3.05, 3.63) is 43.2 Å². The quantitative estimate of drug-likeness (QED) is 0.838. The van der Waals surface area contributed by atoms with Crippen LogP contribution in [0.3, 0.4) is 0 Å². The summed E-state index contributed by atoms with van der Waals surface area (Å²) in [5.74, 6) is 0.468. The predicted octanol–water partition coefficient (Wildman–Crippen LogP) is 4.09. The molecule has 0 bridgehead atoms. The van der Waals surface area contributed by atoms with Crippen LogP contribution >= 0.6 is 50.5 Å². The maximum absolute atomic E-state index is 6.03. The Hall–Kier alpha value is -0.820. The van der Waals surface area contributed by atoms with Gasteiger partial charge in [-0.2, -0.15) is 0 Å². The third kappa shape index (κ3) is 2.53. The van der Waals surface area contributed by atoms with Gasteiger partial charge < -0.3 is 10.6 Å². The number of nitrogens with two attached hydrogens (primary N) is 1. The highest BCUT2D eigenvalue weighted by molar-refractivity contribution is 9.10. The number of halogens is 3. The summed E-state index contributed by atoms with van der Waals surface area (Å²) in [5, 5.41) is 1.54. The highest BCUT2D eigenvalue weighted by atomic mass is 79.9. The Labute approximate surface area is 138 Å². The minimum atomic E-state index is -0.0272. The van der Waals surface area contributed by atoms with Crippen molar-refractivity contribution in [1.82, 2.24) is 4.98 Å². The fourth-order valence-corrected chi connectivity index (χ4v) is 3.55. The van der Waals surface area contributed by atoms with Crippen LogP contribution in [0.4, 0.5) is 5.69 Å². The minimum Gasteiger partial charge on any atom is -0.369 e. The summed E-state index contributed by atoms with van der Waals surface area (Å²) in [6.45, 7) is 0.565. The van der Waals surface area contributed by atoms with E-state index in [1.807, 2.05) is 23.1 Å². The maximum Gasteiger partial charge on any atom is 0.196 e. The number of rotatable bonds is 2. The fraction of sp³-hybridized carbons (Fsp3) is 0.167. The van der Waals surface area contributed by atoms with Gasteiger partial charge in [0, 0.05) is 10.2 Å². The minimum absolute atomic E-state index is 0.0272. The van der Waals surface area contributed by atoms with Crippen molar-refractivity contribution in [2.24, 2.45) is 10.7 Å². The summed E-state index contributed by atoms with van der Waals surface area (Å²) in [6.07, 6.45) is 1.64. The van der Waals surface area contributed by atoms with Crippen molar-refractivity contribution in [3.63, 3.8) is 0 Å². The van der Waals surface area contributed by atoms with Crippen LogP contribution < -0.4 is 10.6 Å². The molecule has 0 saturated heterocycles. The van der Waals surface area contributed by atoms with E-state index in [1.54, 1.807) is 6.20 Å². The molecular weight excluding hydrogens is 383 g/mol. The molecule has 0 aliphatic carbocycles. The molecule has 20 heavy (non-hydrogen) atoms. The van der Waals surface area contributed by atoms with E-state index in [-0.39, 0.29) is 6.04 Å². The molecule has 1 aromatic heterocycles. The molecule has 2 aromatic rings. The summed E-state index contributed by atoms with van der Waals surface area (Å²) in [5.41, 5.74) is 6.92. The summed E-state index contributed by atoms with van der Waals surface area (Å²) < 4.78 is 1.47. The van der Waals surface area contributed by atoms with Crippen LogP contribution in [0.1, 0.15) is 11.0 Å². The molecule has 0 fully saturated rings. The first-order chi connectivity index (χ1) is 9.56. The zero-order valence-corrected chi connectivity index (χ0v) is 14.0. The van der Waals surface area contributed by atoms with Crippen molar-refractivity contribution in [2.45, 2.75) is 6.04 Å². The van der Waals surface area contributed by atoms with Gasteiger partial charge in [-0.25, -0.2) is 4.98 Å². The third-order valence-electron chi connectivity index (χ3n) is 2.95. The highest BCUT2D eigenvalue weighted by Gasteiger charge is 2.31. The average Bonchev–Trinajstić information content (AvgIpc) is 2.99. The molecule has 0 amide bonds. The number of hydrogen-bond donors (Lipinski definition) is 1. The molecular formula is C12H9BrCl2N4S. The van der Waals surface area contributed by atoms with E-state index in [0.717, 1.165) is 15.2 Å². The number of guanidine groups is 1. The number of thiazole rings is 1. The number of hydrogen-bond acceptors (Lipinski definition) is 5. The van der Waals surface area contributed by atoms with Crippen molar-refractivity contribution in [3.8, 4) is 0 Å². The molecule has 1 atom stereocenters. The van der Waals surface area contributed by atoms with E-state index in [9.17, 15) is 0 Å². The van der Waals surface area contributed by atoms with Gasteiger partial charge in [-0.05, 0) is 34.1 Å². The molecule has 0 saturated carbocycles. The zero-order valence-electron chi connectivity index (χ0n) is 10.1. The Morgan fingerprint density at radius 2 is 2.20 bits per heavy atom. The van der Waals surface area contributed by atoms with E-state index in [0.29, 0.717) is 21.9 Å². The molecule has 2 heterocycles. The molecule has 104 valence electrons. The second kappa shape index (κ2) is 5.52. The SMILES string of the molecule is NC1=NCC(c2ncc(Cl)s2)N1c1ccc(Cl)c(Br)c1. The lowest BCUT2D eigenvalue weighted by Gasteiger charge is -2.25. The Morgan fingerprint density at radius 1 is 1.40 bits per heavy atom. The largest absolute Gasteiger partial charge is 0.369 e. The first kappa shape index (κ1) is 14.1. The first-order valence-corrected chi connectivity index (χ1v) is 8.08. The summed E-state index contributed by atoms with van der Waals surface area (Å²) in [4.78, 5) is 10.6. The van der Waals surface area contributed by atoms with E-state index in [2.05, 4.69) is 25.9 Å². The lowest BCUT2D eigenvalue weighted by molar-refractivity contribution is 0.760. The van der Waals surface area contributed by atoms with Crippen LogP contribution in [-0.2, 0) is 0 Å². The molecule has 8 heteroatoms. The standard InChI is InChI=1S/C12H9BrCl2N4S/c13-7-3-6(1-2-8(7)14)19-9(4-18-12(19)16)11-17-5-10(15)20-11/h1-3,5,9H,4H2,(H2,16,18). The van der Waals surface area contributed by atoms with Crippen LogP contribution in [0.15, 0.2) is 33.9 Å². The molecule has 1 unspecified atom stereocenters. The van der Waals surface area contributed by atoms with Crippen molar-refractivity contribution < 1.29 is 0 Å². The number of aromatic nitrogens is 1. The van der Waals surface area contributed by atoms with Gasteiger partial charge in [-0.1, -0.05) is 23.2 Å². The maximum atomic E-state index is 6.03. The molecule has 2 N–H and O–H groups in total. The van der Waals surface area contributed by atoms with Gasteiger partial charge in [-0.15, -0.1) is 11.3 Å². The number of aliphatic imine (C=N–C) groups is 1. The number of nitrogens with zero attached hydrogens (tertiary/aromatic N) is 3. The number of anilines is 1. The lowest BCUT2D eigenvalue weighted by Crippen LogP contribution is -2.36. The first-order valence-electron chi connectivity index (χ1n) is 5.71. The highest BCUT2D eigenvalue weighted by Crippen LogP contribution is 2.36. The van der Waals surface area contributed by atoms with Crippen molar-refractivity contribution >= 4 is 62.1 Å². The average molecular weight is 392 g/mol. The van der Waals surface area contributed by atoms with Crippen molar-refractivity contribution in [1.29, 1.82) is 0 Å². The predicted molar refractivity (Wildman–Crippen MR) is 88.0 cm³/mol. The molecule has 0 spiro atoms. The molecule has 4 nitrogen and oxygen atoms in total. The fourth-order valence-electron chi connectivity index (χ4n) is 2.05. The van der Waals surface area contributed by atoms with Crippen molar-refractivity contribution in [2.75, 3.05) is 11.4 Å². The van der Waals surface area contributed by atoms with Gasteiger partial charge in [0.05, 0.1) is 17.8 Å². The Kier molecular flexibility index (Phi) is 3.90. The van der Waals surface area contributed by atoms with Gasteiger partial charge in [-0.3, -0.25) is 4.99 Å². The topological polar surface area (TPSA) is 54.5 Å². The van der Waals surface area contributed by atoms with Gasteiger partial charge in [0.25, 0.3) is 0 Å². The molecule has 0 radical (unpaired) electrons. The summed E-state index contributed by atoms with van der Waals surface area (Å²) in [7, 11) is 0. The summed E-state index contributed by atoms with van der Waals surface area (Å²) in [6, 6.07) is 5.61. The van der Waals surface area contributed by atoms with Crippen LogP contribution in [0.2, 0.25) is 9.36 Å². The van der Waals surface area contributed by atoms with E-state index < -0.39 is 0 Å². The van der Waals surface area contributed by atoms with E-state index in [1.165, 1.54) is 11.3 Å². The third-order valence-corrected chi connectivity index (χ3v) is 5.38. The molecule has 1 aliphatic heterocycles. The Morgan fingerprint density at radius 3 is 2.85 bits per heavy atom. The second-order valence-corrected chi connectivity index (χ2v) is 7.14. The van der Waals surface area contributed by atoms with Gasteiger partial charge in [0.1, 0.15) is 15.4 Å². The molecule has 3 rings (SSSR count). The van der Waals surface area contributed by atoms with Crippen LogP contribution in [0.25, 0.3) is 0 Å². The smallest absolute Gasteiger partial charge is 0.196 e. The van der Waals surface area contributed by atoms with Gasteiger partial charge in [0.15, 0.2) is 5.96 Å². The summed E-state index contributed by atoms with van der Waals surface area (Å²) >= 11 is 16.8. The zero-order chi connectivity index (χ0) is 14.3. The number of benzene rings is 1.